The number of nitrogens with one attached hydrogen (secondary N) is 3. The molecule has 3 aliphatic heterocycles. The topological polar surface area (TPSA) is 281 Å². The van der Waals surface area contributed by atoms with Crippen molar-refractivity contribution >= 4 is 31.7 Å². The van der Waals surface area contributed by atoms with Crippen molar-refractivity contribution in [3.8, 4) is 0 Å². The smallest absolute Gasteiger partial charge is 0.416 e. The Bertz CT molecular complexity index is 2460. The molecule has 5 rings (SSSR count). The van der Waals surface area contributed by atoms with Crippen LogP contribution in [-0.4, -0.2) is 182 Å². The summed E-state index contributed by atoms with van der Waals surface area (Å²) in [5.74, 6) is -3.94. The highest BCUT2D eigenvalue weighted by Gasteiger charge is 2.58. The predicted molar refractivity (Wildman–Crippen MR) is 278 cm³/mol. The first-order chi connectivity index (χ1) is 35.5. The molecule has 8 N–H and O–H groups in total. The number of carbonyl (C=O) groups excluding carboxylic acids is 1. The molecule has 0 spiro atoms. The summed E-state index contributed by atoms with van der Waals surface area (Å²) in [7, 11) is -5.67. The summed E-state index contributed by atoms with van der Waals surface area (Å²) >= 11 is 0. The van der Waals surface area contributed by atoms with Gasteiger partial charge in [-0.25, -0.2) is 8.42 Å². The lowest BCUT2D eigenvalue weighted by molar-refractivity contribution is -0.336. The van der Waals surface area contributed by atoms with Gasteiger partial charge in [-0.15, -0.1) is 0 Å². The van der Waals surface area contributed by atoms with Crippen molar-refractivity contribution in [3.63, 3.8) is 0 Å². The molecule has 3 aliphatic rings. The molecule has 0 unspecified atom stereocenters. The van der Waals surface area contributed by atoms with Crippen LogP contribution in [-0.2, 0) is 59.4 Å². The van der Waals surface area contributed by atoms with Gasteiger partial charge in [0, 0.05) is 51.3 Å². The zero-order chi connectivity index (χ0) is 57.9. The van der Waals surface area contributed by atoms with Crippen molar-refractivity contribution in [3.05, 3.63) is 60.2 Å². The zero-order valence-electron chi connectivity index (χ0n) is 46.1. The number of hydrogen-bond donors (Lipinski definition) is 8. The van der Waals surface area contributed by atoms with E-state index in [9.17, 15) is 60.3 Å². The summed E-state index contributed by atoms with van der Waals surface area (Å²) in [6, 6.07) is 9.28. The Labute approximate surface area is 451 Å². The fraction of sp³-hybridized carbons (Fsp3) is 0.750. The Hall–Kier alpha value is -3.12. The Balaban J connectivity index is 1.50. The molecular weight excluding hydrogens is 1060 g/mol. The van der Waals surface area contributed by atoms with Crippen LogP contribution in [0.25, 0.3) is 0 Å². The van der Waals surface area contributed by atoms with Gasteiger partial charge in [0.1, 0.15) is 35.1 Å². The third-order valence-electron chi connectivity index (χ3n) is 15.9. The van der Waals surface area contributed by atoms with Gasteiger partial charge in [-0.2, -0.15) is 25.9 Å². The first-order valence-corrected chi connectivity index (χ1v) is 29.2. The largest absolute Gasteiger partial charge is 0.459 e. The number of likely N-dealkylation sites (N-methyl/N-ethyl adjacent to an activating group) is 1. The Kier molecular flexibility index (Phi) is 21.3. The number of aliphatic hydroxyl groups excluding tert-OH is 2. The van der Waals surface area contributed by atoms with Crippen LogP contribution in [0.3, 0.4) is 0 Å². The average molecular weight is 1140 g/mol. The van der Waals surface area contributed by atoms with E-state index in [0.29, 0.717) is 0 Å². The molecule has 440 valence electrons. The van der Waals surface area contributed by atoms with Gasteiger partial charge in [0.05, 0.1) is 58.2 Å². The SMILES string of the molecule is CC[C@H]1OC(=O)[C@H](C)[C@@H](O[C@H]2C[C@@](C)(OC)[C@](O)(CNCCS(=O)(=O)c3ccccc3)[C@H](C)O2)[C@H](C)[C@@H](O[C@@H]2O[C@H](C)C[C@H](N(C)S(=O)(=O)Nc3ccc(C(F)(F)F)cc3)[C@H]2O)[C@](C)(O)C[C@@H](C)CN[C@H](C)[C@@H](O)[C@]1(C)O. The second kappa shape index (κ2) is 25.3. The van der Waals surface area contributed by atoms with Gasteiger partial charge < -0.3 is 64.6 Å². The lowest BCUT2D eigenvalue weighted by atomic mass is 9.75. The first kappa shape index (κ1) is 64.7. The monoisotopic (exact) mass is 1140 g/mol. The predicted octanol–water partition coefficient (Wildman–Crippen LogP) is 3.74. The van der Waals surface area contributed by atoms with E-state index in [4.69, 9.17) is 28.4 Å². The third-order valence-corrected chi connectivity index (χ3v) is 19.1. The average Bonchev–Trinajstić information content (AvgIpc) is 3.35. The van der Waals surface area contributed by atoms with Crippen LogP contribution in [0, 0.1) is 17.8 Å². The quantitative estimate of drug-likeness (QED) is 0.0878. The van der Waals surface area contributed by atoms with E-state index in [2.05, 4.69) is 15.4 Å². The fourth-order valence-electron chi connectivity index (χ4n) is 11.0. The molecule has 3 fully saturated rings. The molecule has 77 heavy (non-hydrogen) atoms. The molecule has 2 aromatic rings. The number of alkyl halides is 3. The standard InChI is InChI=1S/C52H83F3N4O16S2/c1-13-40-50(10,64)44(61)34(6)57-28-30(2)26-48(8,63)45(75-47-42(60)39(25-31(3)71-47)59(11)77(68,69)58-37-21-19-36(20-22-37)52(53,54)55)32(4)43(33(5)46(62)73-40)74-41-27-49(9,70-12)51(65,35(7)72-41)29-56-23-24-76(66,67)38-17-15-14-16-18-38/h14-22,30-35,39-45,47,56-58,60-61,63-65H,13,23-29H2,1-12H3/t30-,31-,32+,33-,34-,35+,39+,40-,41+,42-,43+,44-,45-,47+,48-,49-,50-,51+/m1/s1. The van der Waals surface area contributed by atoms with Gasteiger partial charge in [0.15, 0.2) is 22.4 Å². The van der Waals surface area contributed by atoms with Crippen LogP contribution >= 0.6 is 0 Å². The highest BCUT2D eigenvalue weighted by atomic mass is 32.2. The molecule has 0 bridgehead atoms. The molecule has 0 radical (unpaired) electrons. The Morgan fingerprint density at radius 2 is 1.52 bits per heavy atom. The summed E-state index contributed by atoms with van der Waals surface area (Å²) in [5, 5.41) is 66.9. The van der Waals surface area contributed by atoms with Crippen LogP contribution in [0.1, 0.15) is 100 Å². The van der Waals surface area contributed by atoms with Crippen molar-refractivity contribution in [2.45, 2.75) is 196 Å². The molecule has 2 aromatic carbocycles. The lowest BCUT2D eigenvalue weighted by Gasteiger charge is -2.53. The van der Waals surface area contributed by atoms with Gasteiger partial charge in [-0.05, 0) is 117 Å². The van der Waals surface area contributed by atoms with E-state index in [1.165, 1.54) is 47.1 Å². The summed E-state index contributed by atoms with van der Waals surface area (Å²) in [6.45, 7) is 15.9. The van der Waals surface area contributed by atoms with E-state index < -0.39 is 145 Å². The Morgan fingerprint density at radius 1 is 0.896 bits per heavy atom. The number of aliphatic hydroxyl groups is 5. The highest BCUT2D eigenvalue weighted by Crippen LogP contribution is 2.43. The number of hydrogen-bond acceptors (Lipinski definition) is 18. The number of methoxy groups -OCH3 is 1. The molecule has 3 saturated heterocycles. The number of esters is 1. The maximum absolute atomic E-state index is 14.6. The van der Waals surface area contributed by atoms with E-state index in [1.54, 1.807) is 59.7 Å². The number of ether oxygens (including phenoxy) is 6. The molecule has 0 saturated carbocycles. The van der Waals surface area contributed by atoms with Crippen LogP contribution in [0.5, 0.6) is 0 Å². The van der Waals surface area contributed by atoms with E-state index in [-0.39, 0.29) is 61.7 Å². The summed E-state index contributed by atoms with van der Waals surface area (Å²) in [6.07, 6.45) is -16.9. The number of carbonyl (C=O) groups is 1. The van der Waals surface area contributed by atoms with Crippen molar-refractivity contribution in [2.75, 3.05) is 44.3 Å². The summed E-state index contributed by atoms with van der Waals surface area (Å²) in [4.78, 5) is 14.8. The lowest BCUT2D eigenvalue weighted by Crippen LogP contribution is -2.70. The fourth-order valence-corrected chi connectivity index (χ4v) is 13.3. The molecule has 20 nitrogen and oxygen atoms in total. The number of cyclic esters (lactones) is 1. The molecule has 18 atom stereocenters. The highest BCUT2D eigenvalue weighted by molar-refractivity contribution is 7.91. The van der Waals surface area contributed by atoms with Gasteiger partial charge in [0.2, 0.25) is 0 Å². The van der Waals surface area contributed by atoms with Crippen LogP contribution < -0.4 is 15.4 Å². The van der Waals surface area contributed by atoms with Gasteiger partial charge in [-0.3, -0.25) is 9.52 Å². The normalized spacial score (nSPS) is 38.6. The van der Waals surface area contributed by atoms with Crippen molar-refractivity contribution in [2.24, 2.45) is 17.8 Å². The number of nitrogens with zero attached hydrogens (tertiary/aromatic N) is 1. The van der Waals surface area contributed by atoms with Crippen LogP contribution in [0.15, 0.2) is 59.5 Å². The molecular formula is C52H83F3N4O16S2. The van der Waals surface area contributed by atoms with Crippen LogP contribution in [0.4, 0.5) is 18.9 Å². The number of anilines is 1. The number of benzene rings is 2. The Morgan fingerprint density at radius 3 is 2.10 bits per heavy atom. The van der Waals surface area contributed by atoms with Crippen molar-refractivity contribution in [1.29, 1.82) is 0 Å². The molecule has 25 heteroatoms. The van der Waals surface area contributed by atoms with Gasteiger partial charge in [0.25, 0.3) is 0 Å². The summed E-state index contributed by atoms with van der Waals surface area (Å²) < 4.78 is 135. The molecule has 3 heterocycles. The number of halogens is 3. The second-order valence-corrected chi connectivity index (χ2v) is 25.9. The minimum absolute atomic E-state index is 0.0319. The molecule has 0 aliphatic carbocycles. The second-order valence-electron chi connectivity index (χ2n) is 22.1. The number of sulfone groups is 1. The third kappa shape index (κ3) is 15.1. The minimum Gasteiger partial charge on any atom is -0.459 e. The first-order valence-electron chi connectivity index (χ1n) is 26.1. The van der Waals surface area contributed by atoms with E-state index in [0.717, 1.165) is 28.6 Å². The van der Waals surface area contributed by atoms with E-state index in [1.807, 2.05) is 6.92 Å². The van der Waals surface area contributed by atoms with Crippen molar-refractivity contribution < 1.29 is 88.8 Å². The van der Waals surface area contributed by atoms with Crippen molar-refractivity contribution in [1.82, 2.24) is 14.9 Å². The minimum atomic E-state index is -4.66. The van der Waals surface area contributed by atoms with Gasteiger partial charge >= 0.3 is 22.4 Å². The van der Waals surface area contributed by atoms with Gasteiger partial charge in [-0.1, -0.05) is 39.0 Å². The maximum atomic E-state index is 14.6. The summed E-state index contributed by atoms with van der Waals surface area (Å²) in [5.41, 5.74) is -8.30. The van der Waals surface area contributed by atoms with E-state index >= 15 is 0 Å². The zero-order valence-corrected chi connectivity index (χ0v) is 47.7. The maximum Gasteiger partial charge on any atom is 0.416 e. The van der Waals surface area contributed by atoms with Crippen LogP contribution in [0.2, 0.25) is 0 Å². The molecule has 0 aromatic heterocycles. The number of rotatable bonds is 16. The molecule has 0 amide bonds.